The molecule has 0 radical (unpaired) electrons. The van der Waals surface area contributed by atoms with Crippen LogP contribution in [0.1, 0.15) is 52.0 Å². The van der Waals surface area contributed by atoms with Gasteiger partial charge in [0.1, 0.15) is 5.75 Å². The number of benzene rings is 1. The molecule has 1 unspecified atom stereocenters. The lowest BCUT2D eigenvalue weighted by Gasteiger charge is -2.16. The minimum atomic E-state index is -0.181. The molecule has 0 aliphatic carbocycles. The molecule has 1 rings (SSSR count). The van der Waals surface area contributed by atoms with Crippen LogP contribution >= 0.6 is 0 Å². The van der Waals surface area contributed by atoms with E-state index in [-0.39, 0.29) is 6.29 Å². The predicted molar refractivity (Wildman–Crippen MR) is 71.5 cm³/mol. The van der Waals surface area contributed by atoms with Crippen molar-refractivity contribution in [3.63, 3.8) is 0 Å². The van der Waals surface area contributed by atoms with Crippen molar-refractivity contribution in [3.8, 4) is 5.75 Å². The van der Waals surface area contributed by atoms with Gasteiger partial charge >= 0.3 is 0 Å². The molecule has 0 fully saturated rings. The molecule has 1 atom stereocenters. The van der Waals surface area contributed by atoms with Crippen molar-refractivity contribution >= 4 is 0 Å². The van der Waals surface area contributed by atoms with Crippen LogP contribution in [0.2, 0.25) is 0 Å². The fourth-order valence-electron chi connectivity index (χ4n) is 2.04. The first-order chi connectivity index (χ1) is 8.21. The maximum atomic E-state index is 5.63. The van der Waals surface area contributed by atoms with Crippen LogP contribution in [0.3, 0.4) is 0 Å². The van der Waals surface area contributed by atoms with E-state index in [0.717, 1.165) is 5.75 Å². The fourth-order valence-corrected chi connectivity index (χ4v) is 2.04. The molecule has 0 heterocycles. The first-order valence-electron chi connectivity index (χ1n) is 6.59. The van der Waals surface area contributed by atoms with Gasteiger partial charge in [-0.2, -0.15) is 0 Å². The van der Waals surface area contributed by atoms with E-state index in [1.165, 1.54) is 18.4 Å². The van der Waals surface area contributed by atoms with Gasteiger partial charge in [-0.15, -0.1) is 0 Å². The summed E-state index contributed by atoms with van der Waals surface area (Å²) in [6, 6.07) is 8.38. The number of hydrogen-bond donors (Lipinski definition) is 0. The molecule has 0 aliphatic rings. The lowest BCUT2D eigenvalue weighted by Crippen LogP contribution is -2.15. The van der Waals surface area contributed by atoms with Crippen molar-refractivity contribution in [2.75, 3.05) is 6.61 Å². The Labute approximate surface area is 105 Å². The molecule has 0 saturated carbocycles. The highest BCUT2D eigenvalue weighted by Crippen LogP contribution is 2.25. The average molecular weight is 236 g/mol. The van der Waals surface area contributed by atoms with Gasteiger partial charge in [0.25, 0.3) is 0 Å². The molecule has 0 bridgehead atoms. The molecule has 96 valence electrons. The third-order valence-electron chi connectivity index (χ3n) is 3.04. The van der Waals surface area contributed by atoms with Gasteiger partial charge in [-0.25, -0.2) is 0 Å². The van der Waals surface area contributed by atoms with Crippen LogP contribution in [0.4, 0.5) is 0 Å². The van der Waals surface area contributed by atoms with Gasteiger partial charge in [0.05, 0.1) is 0 Å². The Kier molecular flexibility index (Phi) is 6.06. The van der Waals surface area contributed by atoms with E-state index in [9.17, 15) is 0 Å². The van der Waals surface area contributed by atoms with E-state index in [2.05, 4.69) is 26.0 Å². The Hall–Kier alpha value is -1.02. The van der Waals surface area contributed by atoms with Crippen LogP contribution in [0, 0.1) is 0 Å². The van der Waals surface area contributed by atoms with Gasteiger partial charge in [-0.05, 0) is 50.3 Å². The highest BCUT2D eigenvalue weighted by molar-refractivity contribution is 5.29. The van der Waals surface area contributed by atoms with Crippen molar-refractivity contribution in [1.29, 1.82) is 0 Å². The summed E-state index contributed by atoms with van der Waals surface area (Å²) in [4.78, 5) is 0. The van der Waals surface area contributed by atoms with E-state index in [4.69, 9.17) is 9.47 Å². The topological polar surface area (TPSA) is 18.5 Å². The fraction of sp³-hybridized carbons (Fsp3) is 0.600. The minimum Gasteiger partial charge on any atom is -0.465 e. The molecule has 0 aromatic heterocycles. The van der Waals surface area contributed by atoms with Crippen molar-refractivity contribution < 1.29 is 9.47 Å². The number of rotatable bonds is 7. The molecule has 0 N–H and O–H groups in total. The zero-order chi connectivity index (χ0) is 12.7. The highest BCUT2D eigenvalue weighted by atomic mass is 16.7. The van der Waals surface area contributed by atoms with Gasteiger partial charge in [-0.1, -0.05) is 26.0 Å². The molecular formula is C15H24O2. The lowest BCUT2D eigenvalue weighted by atomic mass is 9.94. The zero-order valence-corrected chi connectivity index (χ0v) is 11.4. The Balaban J connectivity index is 2.61. The summed E-state index contributed by atoms with van der Waals surface area (Å²) in [5.74, 6) is 1.54. The maximum absolute atomic E-state index is 5.63. The standard InChI is InChI=1S/C15H24O2/c1-5-13(6-2)14-8-10-15(11-9-14)17-12(4)16-7-3/h8-13H,5-7H2,1-4H3. The van der Waals surface area contributed by atoms with Crippen LogP contribution in [-0.4, -0.2) is 12.9 Å². The molecule has 1 aromatic carbocycles. The van der Waals surface area contributed by atoms with Crippen LogP contribution in [0.15, 0.2) is 24.3 Å². The summed E-state index contributed by atoms with van der Waals surface area (Å²) in [5, 5.41) is 0. The first-order valence-corrected chi connectivity index (χ1v) is 6.59. The van der Waals surface area contributed by atoms with Crippen molar-refractivity contribution in [2.24, 2.45) is 0 Å². The zero-order valence-electron chi connectivity index (χ0n) is 11.4. The Morgan fingerprint density at radius 1 is 1.00 bits per heavy atom. The van der Waals surface area contributed by atoms with Crippen LogP contribution < -0.4 is 4.74 Å². The Bertz CT molecular complexity index is 301. The van der Waals surface area contributed by atoms with Gasteiger partial charge in [0.2, 0.25) is 0 Å². The van der Waals surface area contributed by atoms with Crippen molar-refractivity contribution in [1.82, 2.24) is 0 Å². The molecule has 0 saturated heterocycles. The van der Waals surface area contributed by atoms with Gasteiger partial charge in [0.15, 0.2) is 6.29 Å². The second-order valence-electron chi connectivity index (χ2n) is 4.22. The largest absolute Gasteiger partial charge is 0.465 e. The van der Waals surface area contributed by atoms with E-state index in [0.29, 0.717) is 12.5 Å². The number of hydrogen-bond acceptors (Lipinski definition) is 2. The van der Waals surface area contributed by atoms with Gasteiger partial charge in [0, 0.05) is 6.61 Å². The van der Waals surface area contributed by atoms with E-state index in [1.54, 1.807) is 0 Å². The lowest BCUT2D eigenvalue weighted by molar-refractivity contribution is -0.0613. The monoisotopic (exact) mass is 236 g/mol. The molecule has 0 amide bonds. The molecule has 2 heteroatoms. The summed E-state index contributed by atoms with van der Waals surface area (Å²) < 4.78 is 11.0. The minimum absolute atomic E-state index is 0.181. The van der Waals surface area contributed by atoms with Gasteiger partial charge in [-0.3, -0.25) is 0 Å². The first kappa shape index (κ1) is 14.0. The molecule has 0 spiro atoms. The molecular weight excluding hydrogens is 212 g/mol. The normalized spacial score (nSPS) is 12.8. The summed E-state index contributed by atoms with van der Waals surface area (Å²) in [6.07, 6.45) is 2.19. The quantitative estimate of drug-likeness (QED) is 0.655. The summed E-state index contributed by atoms with van der Waals surface area (Å²) in [6.45, 7) is 9.02. The summed E-state index contributed by atoms with van der Waals surface area (Å²) in [5.41, 5.74) is 1.39. The second kappa shape index (κ2) is 7.33. The molecule has 17 heavy (non-hydrogen) atoms. The SMILES string of the molecule is CCOC(C)Oc1ccc(C(CC)CC)cc1. The average Bonchev–Trinajstić information content (AvgIpc) is 2.33. The molecule has 0 aliphatic heterocycles. The van der Waals surface area contributed by atoms with E-state index >= 15 is 0 Å². The van der Waals surface area contributed by atoms with Crippen LogP contribution in [0.25, 0.3) is 0 Å². The van der Waals surface area contributed by atoms with E-state index in [1.807, 2.05) is 26.0 Å². The molecule has 2 nitrogen and oxygen atoms in total. The third-order valence-corrected chi connectivity index (χ3v) is 3.04. The summed E-state index contributed by atoms with van der Waals surface area (Å²) >= 11 is 0. The Morgan fingerprint density at radius 2 is 1.59 bits per heavy atom. The van der Waals surface area contributed by atoms with Crippen LogP contribution in [0.5, 0.6) is 5.75 Å². The third kappa shape index (κ3) is 4.39. The number of ether oxygens (including phenoxy) is 2. The maximum Gasteiger partial charge on any atom is 0.196 e. The predicted octanol–water partition coefficient (Wildman–Crippen LogP) is 4.35. The van der Waals surface area contributed by atoms with Gasteiger partial charge < -0.3 is 9.47 Å². The van der Waals surface area contributed by atoms with E-state index < -0.39 is 0 Å². The van der Waals surface area contributed by atoms with Crippen molar-refractivity contribution in [2.45, 2.75) is 52.7 Å². The van der Waals surface area contributed by atoms with Crippen LogP contribution in [-0.2, 0) is 4.74 Å². The summed E-state index contributed by atoms with van der Waals surface area (Å²) in [7, 11) is 0. The second-order valence-corrected chi connectivity index (χ2v) is 4.22. The Morgan fingerprint density at radius 3 is 2.06 bits per heavy atom. The molecule has 1 aromatic rings. The smallest absolute Gasteiger partial charge is 0.196 e. The van der Waals surface area contributed by atoms with Crippen molar-refractivity contribution in [3.05, 3.63) is 29.8 Å². The highest BCUT2D eigenvalue weighted by Gasteiger charge is 2.07.